The molecule has 0 aliphatic carbocycles. The first-order valence-corrected chi connectivity index (χ1v) is 14.1. The van der Waals surface area contributed by atoms with E-state index in [9.17, 15) is 13.2 Å². The van der Waals surface area contributed by atoms with Gasteiger partial charge in [-0.15, -0.1) is 0 Å². The Labute approximate surface area is 205 Å². The fraction of sp³-hybridized carbons (Fsp3) is 0.440. The smallest absolute Gasteiger partial charge is 0.253 e. The van der Waals surface area contributed by atoms with Gasteiger partial charge in [0.05, 0.1) is 15.1 Å². The van der Waals surface area contributed by atoms with Crippen LogP contribution in [0, 0.1) is 12.8 Å². The number of fused-ring (bicyclic) bond motifs is 1. The lowest BCUT2D eigenvalue weighted by atomic mass is 10.0. The van der Waals surface area contributed by atoms with Gasteiger partial charge in [0.1, 0.15) is 0 Å². The number of anilines is 1. The summed E-state index contributed by atoms with van der Waals surface area (Å²) < 4.78 is 28.7. The second kappa shape index (κ2) is 9.28. The summed E-state index contributed by atoms with van der Waals surface area (Å²) in [6, 6.07) is 12.7. The molecule has 9 heteroatoms. The summed E-state index contributed by atoms with van der Waals surface area (Å²) >= 11 is 1.69. The van der Waals surface area contributed by atoms with E-state index in [1.807, 2.05) is 4.90 Å². The van der Waals surface area contributed by atoms with Crippen LogP contribution in [-0.2, 0) is 10.0 Å². The maximum absolute atomic E-state index is 13.1. The number of carbonyl (C=O) groups is 1. The molecule has 7 nitrogen and oxygen atoms in total. The highest BCUT2D eigenvalue weighted by atomic mass is 32.2. The minimum absolute atomic E-state index is 0.0597. The van der Waals surface area contributed by atoms with E-state index >= 15 is 0 Å². The Hall–Kier alpha value is -2.49. The first-order chi connectivity index (χ1) is 16.3. The van der Waals surface area contributed by atoms with Crippen LogP contribution in [-0.4, -0.2) is 67.8 Å². The van der Waals surface area contributed by atoms with Crippen molar-refractivity contribution in [2.45, 2.75) is 31.6 Å². The quantitative estimate of drug-likeness (QED) is 0.544. The van der Waals surface area contributed by atoms with E-state index in [1.54, 1.807) is 39.9 Å². The number of aromatic nitrogens is 1. The van der Waals surface area contributed by atoms with Crippen LogP contribution in [0.2, 0.25) is 0 Å². The fourth-order valence-corrected chi connectivity index (χ4v) is 7.20. The summed E-state index contributed by atoms with van der Waals surface area (Å²) in [5, 5.41) is 0.998. The number of hydrogen-bond donors (Lipinski definition) is 0. The zero-order valence-electron chi connectivity index (χ0n) is 19.6. The minimum Gasteiger partial charge on any atom is -0.345 e. The molecular formula is C25H30N4O3S2. The Balaban J connectivity index is 1.23. The molecule has 3 aromatic rings. The maximum atomic E-state index is 13.1. The number of hydrogen-bond acceptors (Lipinski definition) is 6. The van der Waals surface area contributed by atoms with Gasteiger partial charge in [0.25, 0.3) is 5.91 Å². The van der Waals surface area contributed by atoms with E-state index in [0.717, 1.165) is 36.6 Å². The van der Waals surface area contributed by atoms with Crippen LogP contribution in [0.25, 0.3) is 10.2 Å². The Bertz CT molecular complexity index is 1290. The van der Waals surface area contributed by atoms with Crippen molar-refractivity contribution in [2.24, 2.45) is 5.92 Å². The highest BCUT2D eigenvalue weighted by Gasteiger charge is 2.29. The van der Waals surface area contributed by atoms with Crippen molar-refractivity contribution in [1.82, 2.24) is 14.2 Å². The average Bonchev–Trinajstić information content (AvgIpc) is 3.30. The second-order valence-electron chi connectivity index (χ2n) is 9.31. The Morgan fingerprint density at radius 1 is 0.971 bits per heavy atom. The highest BCUT2D eigenvalue weighted by molar-refractivity contribution is 7.89. The molecule has 1 amide bonds. The third-order valence-corrected chi connectivity index (χ3v) is 9.92. The monoisotopic (exact) mass is 498 g/mol. The molecule has 1 aromatic heterocycles. The number of piperazine rings is 1. The number of para-hydroxylation sites is 1. The Morgan fingerprint density at radius 3 is 2.29 bits per heavy atom. The molecule has 0 unspecified atom stereocenters. The summed E-state index contributed by atoms with van der Waals surface area (Å²) in [6.07, 6.45) is 1.77. The molecule has 0 saturated carbocycles. The number of aryl methyl sites for hydroxylation is 1. The molecule has 2 aliphatic heterocycles. The lowest BCUT2D eigenvalue weighted by Crippen LogP contribution is -2.48. The van der Waals surface area contributed by atoms with Crippen molar-refractivity contribution in [1.29, 1.82) is 0 Å². The molecule has 34 heavy (non-hydrogen) atoms. The van der Waals surface area contributed by atoms with Crippen molar-refractivity contribution in [3.63, 3.8) is 0 Å². The van der Waals surface area contributed by atoms with Crippen LogP contribution >= 0.6 is 11.3 Å². The number of amides is 1. The number of piperidine rings is 1. The molecule has 5 rings (SSSR count). The predicted molar refractivity (Wildman–Crippen MR) is 136 cm³/mol. The third-order valence-electron chi connectivity index (χ3n) is 6.93. The summed E-state index contributed by atoms with van der Waals surface area (Å²) in [5.41, 5.74) is 2.75. The van der Waals surface area contributed by atoms with Gasteiger partial charge in [-0.1, -0.05) is 30.4 Å². The highest BCUT2D eigenvalue weighted by Crippen LogP contribution is 2.31. The van der Waals surface area contributed by atoms with Crippen molar-refractivity contribution in [2.75, 3.05) is 44.2 Å². The van der Waals surface area contributed by atoms with Crippen molar-refractivity contribution < 1.29 is 13.2 Å². The van der Waals surface area contributed by atoms with Crippen LogP contribution in [0.15, 0.2) is 47.4 Å². The average molecular weight is 499 g/mol. The van der Waals surface area contributed by atoms with Crippen molar-refractivity contribution in [3.05, 3.63) is 53.6 Å². The molecule has 3 heterocycles. The van der Waals surface area contributed by atoms with Gasteiger partial charge in [-0.05, 0) is 61.6 Å². The summed E-state index contributed by atoms with van der Waals surface area (Å²) in [5.74, 6) is 0.501. The van der Waals surface area contributed by atoms with E-state index in [2.05, 4.69) is 36.9 Å². The van der Waals surface area contributed by atoms with Gasteiger partial charge in [0.15, 0.2) is 5.13 Å². The number of carbonyl (C=O) groups excluding carboxylic acids is 1. The van der Waals surface area contributed by atoms with Crippen molar-refractivity contribution in [3.8, 4) is 0 Å². The molecule has 0 radical (unpaired) electrons. The SMILES string of the molecule is Cc1cccc2sc(N3CCN(C(=O)c4ccc(S(=O)(=O)N5CCC(C)CC5)cc4)CC3)nc12. The van der Waals surface area contributed by atoms with E-state index in [4.69, 9.17) is 4.98 Å². The first kappa shape index (κ1) is 23.3. The normalized spacial score (nSPS) is 18.5. The molecule has 2 aliphatic rings. The molecule has 2 aromatic carbocycles. The van der Waals surface area contributed by atoms with Gasteiger partial charge in [-0.2, -0.15) is 4.31 Å². The van der Waals surface area contributed by atoms with Gasteiger partial charge in [-0.3, -0.25) is 4.79 Å². The number of nitrogens with zero attached hydrogens (tertiary/aromatic N) is 4. The Kier molecular flexibility index (Phi) is 6.35. The van der Waals surface area contributed by atoms with Crippen LogP contribution in [0.3, 0.4) is 0 Å². The lowest BCUT2D eigenvalue weighted by molar-refractivity contribution is 0.0746. The topological polar surface area (TPSA) is 73.8 Å². The molecule has 0 atom stereocenters. The van der Waals surface area contributed by atoms with E-state index < -0.39 is 10.0 Å². The van der Waals surface area contributed by atoms with Gasteiger partial charge in [0, 0.05) is 44.8 Å². The maximum Gasteiger partial charge on any atom is 0.253 e. The van der Waals surface area contributed by atoms with Gasteiger partial charge in [-0.25, -0.2) is 13.4 Å². The minimum atomic E-state index is -3.51. The predicted octanol–water partition coefficient (Wildman–Crippen LogP) is 3.99. The summed E-state index contributed by atoms with van der Waals surface area (Å²) in [4.78, 5) is 22.2. The molecule has 0 N–H and O–H groups in total. The van der Waals surface area contributed by atoms with Gasteiger partial charge in [0.2, 0.25) is 10.0 Å². The van der Waals surface area contributed by atoms with Crippen LogP contribution in [0.5, 0.6) is 0 Å². The number of sulfonamides is 1. The summed E-state index contributed by atoms with van der Waals surface area (Å²) in [6.45, 7) is 8.02. The first-order valence-electron chi connectivity index (χ1n) is 11.8. The van der Waals surface area contributed by atoms with Crippen LogP contribution < -0.4 is 4.90 Å². The molecule has 2 fully saturated rings. The zero-order valence-corrected chi connectivity index (χ0v) is 21.2. The fourth-order valence-electron chi connectivity index (χ4n) is 4.64. The largest absolute Gasteiger partial charge is 0.345 e. The van der Waals surface area contributed by atoms with Gasteiger partial charge < -0.3 is 9.80 Å². The van der Waals surface area contributed by atoms with Gasteiger partial charge >= 0.3 is 0 Å². The number of benzene rings is 2. The lowest BCUT2D eigenvalue weighted by Gasteiger charge is -2.34. The summed E-state index contributed by atoms with van der Waals surface area (Å²) in [7, 11) is -3.51. The zero-order chi connectivity index (χ0) is 23.9. The van der Waals surface area contributed by atoms with Crippen LogP contribution in [0.4, 0.5) is 5.13 Å². The van der Waals surface area contributed by atoms with E-state index in [1.165, 1.54) is 10.3 Å². The standard InChI is InChI=1S/C25H30N4O3S2/c1-18-10-12-29(13-11-18)34(31,32)21-8-6-20(7-9-21)24(30)27-14-16-28(17-15-27)25-26-23-19(2)4-3-5-22(23)33-25/h3-9,18H,10-17H2,1-2H3. The molecule has 2 saturated heterocycles. The number of thiazole rings is 1. The second-order valence-corrected chi connectivity index (χ2v) is 12.3. The Morgan fingerprint density at radius 2 is 1.65 bits per heavy atom. The molecule has 180 valence electrons. The third kappa shape index (κ3) is 4.44. The molecular weight excluding hydrogens is 468 g/mol. The molecule has 0 bridgehead atoms. The number of rotatable bonds is 4. The van der Waals surface area contributed by atoms with Crippen molar-refractivity contribution >= 4 is 42.6 Å². The van der Waals surface area contributed by atoms with Crippen LogP contribution in [0.1, 0.15) is 35.7 Å². The molecule has 0 spiro atoms. The van der Waals surface area contributed by atoms with E-state index in [-0.39, 0.29) is 10.8 Å². The van der Waals surface area contributed by atoms with E-state index in [0.29, 0.717) is 37.7 Å².